The first kappa shape index (κ1) is 14.3. The zero-order chi connectivity index (χ0) is 13.1. The van der Waals surface area contributed by atoms with Crippen LogP contribution in [0, 0.1) is 0 Å². The average Bonchev–Trinajstić information content (AvgIpc) is 2.41. The molecule has 0 fully saturated rings. The Labute approximate surface area is 108 Å². The summed E-state index contributed by atoms with van der Waals surface area (Å²) in [6.45, 7) is 5.53. The first-order valence-corrected chi connectivity index (χ1v) is 5.96. The number of nitrogens with one attached hydrogen (secondary N) is 1. The summed E-state index contributed by atoms with van der Waals surface area (Å²) in [7, 11) is 0. The standard InChI is InChI=1S/C14H19NO3/c1-2-10-17-11-6-9-15-14(16)18-12-13-7-4-3-5-8-13/h2-5,7-8H,1,6,9-12H2,(H,15,16). The molecule has 0 bridgehead atoms. The number of benzene rings is 1. The SMILES string of the molecule is C=CCOCCCNC(=O)OCc1ccccc1. The Hall–Kier alpha value is -1.81. The molecule has 1 amide bonds. The van der Waals surface area contributed by atoms with Gasteiger partial charge in [-0.1, -0.05) is 36.4 Å². The third-order valence-corrected chi connectivity index (χ3v) is 2.18. The van der Waals surface area contributed by atoms with Crippen LogP contribution in [-0.2, 0) is 16.1 Å². The van der Waals surface area contributed by atoms with Crippen molar-refractivity contribution in [3.63, 3.8) is 0 Å². The lowest BCUT2D eigenvalue weighted by molar-refractivity contribution is 0.134. The van der Waals surface area contributed by atoms with E-state index in [4.69, 9.17) is 9.47 Å². The molecular weight excluding hydrogens is 230 g/mol. The number of alkyl carbamates (subject to hydrolysis) is 1. The van der Waals surface area contributed by atoms with Gasteiger partial charge in [-0.05, 0) is 12.0 Å². The molecule has 1 aromatic carbocycles. The van der Waals surface area contributed by atoms with Crippen molar-refractivity contribution in [1.29, 1.82) is 0 Å². The second kappa shape index (κ2) is 9.24. The van der Waals surface area contributed by atoms with E-state index >= 15 is 0 Å². The lowest BCUT2D eigenvalue weighted by Gasteiger charge is -2.07. The lowest BCUT2D eigenvalue weighted by atomic mass is 10.2. The quantitative estimate of drug-likeness (QED) is 0.569. The number of rotatable bonds is 8. The number of hydrogen-bond acceptors (Lipinski definition) is 3. The van der Waals surface area contributed by atoms with E-state index in [1.165, 1.54) is 0 Å². The fraction of sp³-hybridized carbons (Fsp3) is 0.357. The number of ether oxygens (including phenoxy) is 2. The largest absolute Gasteiger partial charge is 0.445 e. The average molecular weight is 249 g/mol. The van der Waals surface area contributed by atoms with Gasteiger partial charge < -0.3 is 14.8 Å². The minimum Gasteiger partial charge on any atom is -0.445 e. The van der Waals surface area contributed by atoms with Gasteiger partial charge in [0.25, 0.3) is 0 Å². The van der Waals surface area contributed by atoms with Gasteiger partial charge in [0.2, 0.25) is 0 Å². The van der Waals surface area contributed by atoms with Crippen LogP contribution in [0.25, 0.3) is 0 Å². The zero-order valence-corrected chi connectivity index (χ0v) is 10.4. The maximum Gasteiger partial charge on any atom is 0.407 e. The van der Waals surface area contributed by atoms with E-state index in [0.717, 1.165) is 12.0 Å². The van der Waals surface area contributed by atoms with Crippen molar-refractivity contribution in [3.8, 4) is 0 Å². The molecule has 0 aromatic heterocycles. The highest BCUT2D eigenvalue weighted by Gasteiger charge is 2.01. The van der Waals surface area contributed by atoms with Crippen molar-refractivity contribution in [2.24, 2.45) is 0 Å². The molecule has 0 aliphatic rings. The molecule has 98 valence electrons. The summed E-state index contributed by atoms with van der Waals surface area (Å²) in [4.78, 5) is 11.3. The van der Waals surface area contributed by atoms with Gasteiger partial charge in [0.05, 0.1) is 6.61 Å². The van der Waals surface area contributed by atoms with E-state index in [0.29, 0.717) is 26.4 Å². The molecule has 0 atom stereocenters. The number of amides is 1. The lowest BCUT2D eigenvalue weighted by Crippen LogP contribution is -2.25. The molecule has 0 unspecified atom stereocenters. The summed E-state index contributed by atoms with van der Waals surface area (Å²) < 4.78 is 10.2. The monoisotopic (exact) mass is 249 g/mol. The van der Waals surface area contributed by atoms with Crippen LogP contribution in [0.1, 0.15) is 12.0 Å². The fourth-order valence-corrected chi connectivity index (χ4v) is 1.31. The Kier molecular flexibility index (Phi) is 7.32. The van der Waals surface area contributed by atoms with Crippen molar-refractivity contribution < 1.29 is 14.3 Å². The van der Waals surface area contributed by atoms with E-state index < -0.39 is 6.09 Å². The van der Waals surface area contributed by atoms with Crippen LogP contribution in [0.2, 0.25) is 0 Å². The van der Waals surface area contributed by atoms with Crippen LogP contribution in [0.4, 0.5) is 4.79 Å². The number of carbonyl (C=O) groups excluding carboxylic acids is 1. The highest BCUT2D eigenvalue weighted by Crippen LogP contribution is 2.00. The Morgan fingerprint density at radius 1 is 1.33 bits per heavy atom. The van der Waals surface area contributed by atoms with Gasteiger partial charge in [-0.25, -0.2) is 4.79 Å². The molecule has 0 aliphatic carbocycles. The van der Waals surface area contributed by atoms with E-state index in [2.05, 4.69) is 11.9 Å². The highest BCUT2D eigenvalue weighted by atomic mass is 16.5. The van der Waals surface area contributed by atoms with Crippen LogP contribution in [0.15, 0.2) is 43.0 Å². The normalized spacial score (nSPS) is 9.78. The number of carbonyl (C=O) groups is 1. The predicted octanol–water partition coefficient (Wildman–Crippen LogP) is 2.51. The first-order chi connectivity index (χ1) is 8.83. The second-order valence-electron chi connectivity index (χ2n) is 3.71. The molecule has 0 aliphatic heterocycles. The van der Waals surface area contributed by atoms with E-state index in [-0.39, 0.29) is 0 Å². The predicted molar refractivity (Wildman–Crippen MR) is 70.3 cm³/mol. The van der Waals surface area contributed by atoms with Gasteiger partial charge in [0, 0.05) is 13.2 Å². The van der Waals surface area contributed by atoms with Crippen molar-refractivity contribution >= 4 is 6.09 Å². The molecule has 1 aromatic rings. The smallest absolute Gasteiger partial charge is 0.407 e. The van der Waals surface area contributed by atoms with Crippen molar-refractivity contribution in [2.75, 3.05) is 19.8 Å². The van der Waals surface area contributed by atoms with Gasteiger partial charge in [-0.15, -0.1) is 6.58 Å². The van der Waals surface area contributed by atoms with Crippen molar-refractivity contribution in [1.82, 2.24) is 5.32 Å². The molecule has 18 heavy (non-hydrogen) atoms. The topological polar surface area (TPSA) is 47.6 Å². The molecular formula is C14H19NO3. The summed E-state index contributed by atoms with van der Waals surface area (Å²) in [5.41, 5.74) is 0.974. The van der Waals surface area contributed by atoms with E-state index in [1.807, 2.05) is 30.3 Å². The van der Waals surface area contributed by atoms with Gasteiger partial charge >= 0.3 is 6.09 Å². The minimum absolute atomic E-state index is 0.291. The third-order valence-electron chi connectivity index (χ3n) is 2.18. The van der Waals surface area contributed by atoms with E-state index in [1.54, 1.807) is 6.08 Å². The molecule has 0 spiro atoms. The Bertz CT molecular complexity index is 351. The number of hydrogen-bond donors (Lipinski definition) is 1. The van der Waals surface area contributed by atoms with Crippen LogP contribution in [-0.4, -0.2) is 25.9 Å². The summed E-state index contributed by atoms with van der Waals surface area (Å²) in [6.07, 6.45) is 2.05. The fourth-order valence-electron chi connectivity index (χ4n) is 1.31. The Morgan fingerprint density at radius 3 is 2.83 bits per heavy atom. The van der Waals surface area contributed by atoms with Crippen LogP contribution < -0.4 is 5.32 Å². The highest BCUT2D eigenvalue weighted by molar-refractivity contribution is 5.67. The van der Waals surface area contributed by atoms with Gasteiger partial charge in [0.15, 0.2) is 0 Å². The Balaban J connectivity index is 2.02. The minimum atomic E-state index is -0.400. The molecule has 4 heteroatoms. The van der Waals surface area contributed by atoms with E-state index in [9.17, 15) is 4.79 Å². The van der Waals surface area contributed by atoms with Gasteiger partial charge in [-0.3, -0.25) is 0 Å². The summed E-state index contributed by atoms with van der Waals surface area (Å²) in [5.74, 6) is 0. The van der Waals surface area contributed by atoms with Crippen LogP contribution in [0.5, 0.6) is 0 Å². The maximum absolute atomic E-state index is 11.3. The zero-order valence-electron chi connectivity index (χ0n) is 10.4. The van der Waals surface area contributed by atoms with Crippen LogP contribution >= 0.6 is 0 Å². The Morgan fingerprint density at radius 2 is 2.11 bits per heavy atom. The summed E-state index contributed by atoms with van der Waals surface area (Å²) in [5, 5.41) is 2.66. The van der Waals surface area contributed by atoms with Crippen molar-refractivity contribution in [2.45, 2.75) is 13.0 Å². The van der Waals surface area contributed by atoms with Gasteiger partial charge in [-0.2, -0.15) is 0 Å². The maximum atomic E-state index is 11.3. The first-order valence-electron chi connectivity index (χ1n) is 5.96. The van der Waals surface area contributed by atoms with Crippen LogP contribution in [0.3, 0.4) is 0 Å². The van der Waals surface area contributed by atoms with Gasteiger partial charge in [0.1, 0.15) is 6.61 Å². The molecule has 4 nitrogen and oxygen atoms in total. The van der Waals surface area contributed by atoms with Crippen molar-refractivity contribution in [3.05, 3.63) is 48.6 Å². The molecule has 0 saturated heterocycles. The molecule has 1 rings (SSSR count). The molecule has 0 radical (unpaired) electrons. The molecule has 0 saturated carbocycles. The summed E-state index contributed by atoms with van der Waals surface area (Å²) >= 11 is 0. The summed E-state index contributed by atoms with van der Waals surface area (Å²) in [6, 6.07) is 9.57. The third kappa shape index (κ3) is 6.70. The second-order valence-corrected chi connectivity index (χ2v) is 3.71. The molecule has 1 N–H and O–H groups in total. The molecule has 0 heterocycles.